The third-order valence-corrected chi connectivity index (χ3v) is 3.41. The number of rotatable bonds is 4. The minimum absolute atomic E-state index is 0.152. The van der Waals surface area contributed by atoms with Crippen LogP contribution in [0.25, 0.3) is 0 Å². The van der Waals surface area contributed by atoms with Crippen molar-refractivity contribution in [1.82, 2.24) is 14.5 Å². The Morgan fingerprint density at radius 2 is 1.89 bits per heavy atom. The van der Waals surface area contributed by atoms with Crippen LogP contribution in [0.2, 0.25) is 0 Å². The largest absolute Gasteiger partial charge is 0.328 e. The lowest BCUT2D eigenvalue weighted by molar-refractivity contribution is 0.219. The lowest BCUT2D eigenvalue weighted by atomic mass is 10.1. The first-order valence-electron chi connectivity index (χ1n) is 6.46. The molecule has 0 bridgehead atoms. The van der Waals surface area contributed by atoms with Crippen molar-refractivity contribution in [1.29, 1.82) is 0 Å². The zero-order valence-corrected chi connectivity index (χ0v) is 10.5. The Hall–Kier alpha value is -1.40. The molecule has 0 radical (unpaired) electrons. The minimum Gasteiger partial charge on any atom is -0.326 e. The molecule has 0 saturated carbocycles. The SMILES string of the molecule is NCc1cn(CCN2CCCCC2)c(=O)[nH]c1=O. The van der Waals surface area contributed by atoms with Gasteiger partial charge in [0.15, 0.2) is 0 Å². The number of aromatic nitrogens is 2. The second-order valence-corrected chi connectivity index (χ2v) is 4.71. The molecule has 0 atom stereocenters. The lowest BCUT2D eigenvalue weighted by Gasteiger charge is -2.26. The van der Waals surface area contributed by atoms with Crippen LogP contribution in [-0.2, 0) is 13.1 Å². The highest BCUT2D eigenvalue weighted by atomic mass is 16.2. The monoisotopic (exact) mass is 252 g/mol. The van der Waals surface area contributed by atoms with Crippen LogP contribution in [0.5, 0.6) is 0 Å². The number of aromatic amines is 1. The van der Waals surface area contributed by atoms with E-state index in [-0.39, 0.29) is 17.8 Å². The van der Waals surface area contributed by atoms with Crippen LogP contribution in [0.15, 0.2) is 15.8 Å². The summed E-state index contributed by atoms with van der Waals surface area (Å²) in [5, 5.41) is 0. The van der Waals surface area contributed by atoms with Gasteiger partial charge in [0.2, 0.25) is 0 Å². The second-order valence-electron chi connectivity index (χ2n) is 4.71. The fourth-order valence-corrected chi connectivity index (χ4v) is 2.30. The van der Waals surface area contributed by atoms with Gasteiger partial charge in [-0.3, -0.25) is 14.3 Å². The van der Waals surface area contributed by atoms with E-state index in [1.165, 1.54) is 23.8 Å². The van der Waals surface area contributed by atoms with E-state index < -0.39 is 0 Å². The molecule has 0 aromatic carbocycles. The van der Waals surface area contributed by atoms with E-state index in [9.17, 15) is 9.59 Å². The molecule has 2 heterocycles. The number of likely N-dealkylation sites (tertiary alicyclic amines) is 1. The van der Waals surface area contributed by atoms with E-state index >= 15 is 0 Å². The summed E-state index contributed by atoms with van der Waals surface area (Å²) in [6, 6.07) is 0. The number of nitrogens with zero attached hydrogens (tertiary/aromatic N) is 2. The van der Waals surface area contributed by atoms with Gasteiger partial charge >= 0.3 is 5.69 Å². The lowest BCUT2D eigenvalue weighted by Crippen LogP contribution is -2.37. The summed E-state index contributed by atoms with van der Waals surface area (Å²) in [6.45, 7) is 3.79. The van der Waals surface area contributed by atoms with E-state index in [4.69, 9.17) is 5.73 Å². The van der Waals surface area contributed by atoms with Gasteiger partial charge in [-0.1, -0.05) is 6.42 Å². The molecule has 6 heteroatoms. The molecule has 6 nitrogen and oxygen atoms in total. The zero-order valence-electron chi connectivity index (χ0n) is 10.5. The predicted molar refractivity (Wildman–Crippen MR) is 69.5 cm³/mol. The Balaban J connectivity index is 2.04. The summed E-state index contributed by atoms with van der Waals surface area (Å²) in [6.07, 6.45) is 5.33. The average Bonchev–Trinajstić information content (AvgIpc) is 2.39. The maximum absolute atomic E-state index is 11.6. The number of nitrogens with one attached hydrogen (secondary N) is 1. The van der Waals surface area contributed by atoms with Crippen molar-refractivity contribution in [2.75, 3.05) is 19.6 Å². The summed E-state index contributed by atoms with van der Waals surface area (Å²) in [5.41, 5.74) is 5.18. The van der Waals surface area contributed by atoms with Gasteiger partial charge in [0, 0.05) is 31.4 Å². The van der Waals surface area contributed by atoms with E-state index in [0.717, 1.165) is 19.6 Å². The normalized spacial score (nSPS) is 16.9. The number of hydrogen-bond acceptors (Lipinski definition) is 4. The molecule has 1 saturated heterocycles. The van der Waals surface area contributed by atoms with Crippen molar-refractivity contribution < 1.29 is 0 Å². The van der Waals surface area contributed by atoms with Crippen LogP contribution in [0.4, 0.5) is 0 Å². The van der Waals surface area contributed by atoms with Crippen molar-refractivity contribution in [2.45, 2.75) is 32.4 Å². The molecular weight excluding hydrogens is 232 g/mol. The van der Waals surface area contributed by atoms with Gasteiger partial charge in [-0.15, -0.1) is 0 Å². The Morgan fingerprint density at radius 1 is 1.17 bits per heavy atom. The van der Waals surface area contributed by atoms with Crippen LogP contribution in [-0.4, -0.2) is 34.1 Å². The first kappa shape index (κ1) is 13.0. The van der Waals surface area contributed by atoms with Gasteiger partial charge in [-0.25, -0.2) is 4.79 Å². The first-order valence-corrected chi connectivity index (χ1v) is 6.46. The summed E-state index contributed by atoms with van der Waals surface area (Å²) < 4.78 is 1.54. The van der Waals surface area contributed by atoms with Gasteiger partial charge in [-0.2, -0.15) is 0 Å². The molecule has 0 unspecified atom stereocenters. The Kier molecular flexibility index (Phi) is 4.33. The van der Waals surface area contributed by atoms with E-state index in [0.29, 0.717) is 12.1 Å². The standard InChI is InChI=1S/C12H20N4O2/c13-8-10-9-16(12(18)14-11(10)17)7-6-15-4-2-1-3-5-15/h9H,1-8,13H2,(H,14,17,18). The van der Waals surface area contributed by atoms with Crippen molar-refractivity contribution in [3.8, 4) is 0 Å². The average molecular weight is 252 g/mol. The number of piperidine rings is 1. The number of nitrogens with two attached hydrogens (primary N) is 1. The van der Waals surface area contributed by atoms with Crippen molar-refractivity contribution in [3.05, 3.63) is 32.6 Å². The molecule has 2 rings (SSSR count). The second kappa shape index (κ2) is 5.97. The molecule has 0 aliphatic carbocycles. The maximum atomic E-state index is 11.6. The summed E-state index contributed by atoms with van der Waals surface area (Å²) in [4.78, 5) is 27.6. The van der Waals surface area contributed by atoms with Gasteiger partial charge in [0.05, 0.1) is 0 Å². The zero-order chi connectivity index (χ0) is 13.0. The highest BCUT2D eigenvalue weighted by Crippen LogP contribution is 2.07. The Labute approximate surface area is 105 Å². The van der Waals surface area contributed by atoms with Crippen LogP contribution < -0.4 is 17.0 Å². The molecule has 1 aromatic heterocycles. The van der Waals surface area contributed by atoms with Crippen LogP contribution >= 0.6 is 0 Å². The fraction of sp³-hybridized carbons (Fsp3) is 0.667. The number of H-pyrrole nitrogens is 1. The Morgan fingerprint density at radius 3 is 2.56 bits per heavy atom. The molecule has 1 fully saturated rings. The molecule has 1 aromatic rings. The van der Waals surface area contributed by atoms with Gasteiger partial charge in [0.25, 0.3) is 5.56 Å². The quantitative estimate of drug-likeness (QED) is 0.755. The number of hydrogen-bond donors (Lipinski definition) is 2. The highest BCUT2D eigenvalue weighted by Gasteiger charge is 2.10. The predicted octanol–water partition coefficient (Wildman–Crippen LogP) is -0.519. The summed E-state index contributed by atoms with van der Waals surface area (Å²) >= 11 is 0. The molecule has 18 heavy (non-hydrogen) atoms. The third-order valence-electron chi connectivity index (χ3n) is 3.41. The van der Waals surface area contributed by atoms with Crippen LogP contribution in [0.1, 0.15) is 24.8 Å². The van der Waals surface area contributed by atoms with Crippen molar-refractivity contribution in [3.63, 3.8) is 0 Å². The molecule has 1 aliphatic heterocycles. The smallest absolute Gasteiger partial charge is 0.326 e. The first-order chi connectivity index (χ1) is 8.70. The summed E-state index contributed by atoms with van der Waals surface area (Å²) in [5.74, 6) is 0. The van der Waals surface area contributed by atoms with E-state index in [2.05, 4.69) is 9.88 Å². The molecule has 0 amide bonds. The topological polar surface area (TPSA) is 84.1 Å². The third kappa shape index (κ3) is 3.08. The van der Waals surface area contributed by atoms with Gasteiger partial charge in [-0.05, 0) is 25.9 Å². The summed E-state index contributed by atoms with van der Waals surface area (Å²) in [7, 11) is 0. The van der Waals surface area contributed by atoms with Crippen molar-refractivity contribution in [2.24, 2.45) is 5.73 Å². The van der Waals surface area contributed by atoms with E-state index in [1.807, 2.05) is 0 Å². The Bertz CT molecular complexity index is 500. The highest BCUT2D eigenvalue weighted by molar-refractivity contribution is 5.03. The minimum atomic E-state index is -0.378. The molecule has 3 N–H and O–H groups in total. The molecule has 0 spiro atoms. The fourth-order valence-electron chi connectivity index (χ4n) is 2.30. The van der Waals surface area contributed by atoms with Gasteiger partial charge < -0.3 is 10.6 Å². The molecule has 100 valence electrons. The van der Waals surface area contributed by atoms with E-state index in [1.54, 1.807) is 6.20 Å². The molecular formula is C12H20N4O2. The van der Waals surface area contributed by atoms with Gasteiger partial charge in [0.1, 0.15) is 0 Å². The van der Waals surface area contributed by atoms with Crippen LogP contribution in [0, 0.1) is 0 Å². The van der Waals surface area contributed by atoms with Crippen LogP contribution in [0.3, 0.4) is 0 Å². The molecule has 1 aliphatic rings. The van der Waals surface area contributed by atoms with Crippen molar-refractivity contribution >= 4 is 0 Å². The maximum Gasteiger partial charge on any atom is 0.328 e.